The number of nitrogens with two attached hydrogens (primary N) is 1. The molecule has 17 heavy (non-hydrogen) atoms. The van der Waals surface area contributed by atoms with Crippen LogP contribution in [0.2, 0.25) is 0 Å². The largest absolute Gasteiger partial charge is 0.467 e. The molecule has 92 valence electrons. The number of carbonyl (C=O) groups is 1. The Morgan fingerprint density at radius 1 is 1.59 bits per heavy atom. The lowest BCUT2D eigenvalue weighted by molar-refractivity contribution is -0.141. The van der Waals surface area contributed by atoms with Gasteiger partial charge in [0.25, 0.3) is 0 Å². The van der Waals surface area contributed by atoms with Crippen LogP contribution in [-0.2, 0) is 16.1 Å². The van der Waals surface area contributed by atoms with Gasteiger partial charge in [0, 0.05) is 18.8 Å². The first-order chi connectivity index (χ1) is 8.26. The van der Waals surface area contributed by atoms with Gasteiger partial charge in [0.2, 0.25) is 0 Å². The summed E-state index contributed by atoms with van der Waals surface area (Å²) in [6.45, 7) is 1.42. The minimum absolute atomic E-state index is 0.145. The fourth-order valence-electron chi connectivity index (χ4n) is 2.32. The number of carbonyl (C=O) groups excluding carboxylic acids is 1. The third kappa shape index (κ3) is 2.42. The first-order valence-corrected chi connectivity index (χ1v) is 5.89. The van der Waals surface area contributed by atoms with Crippen molar-refractivity contribution >= 4 is 11.7 Å². The van der Waals surface area contributed by atoms with Crippen LogP contribution in [0.4, 0.5) is 5.69 Å². The summed E-state index contributed by atoms with van der Waals surface area (Å²) < 4.78 is 4.84. The Bertz CT molecular complexity index is 406. The lowest BCUT2D eigenvalue weighted by Gasteiger charge is -2.25. The zero-order chi connectivity index (χ0) is 12.3. The van der Waals surface area contributed by atoms with Crippen molar-refractivity contribution in [1.29, 1.82) is 0 Å². The molecule has 1 heterocycles. The van der Waals surface area contributed by atoms with E-state index in [1.54, 1.807) is 0 Å². The minimum Gasteiger partial charge on any atom is -0.467 e. The molecule has 4 heteroatoms. The van der Waals surface area contributed by atoms with Gasteiger partial charge in [-0.1, -0.05) is 12.1 Å². The Morgan fingerprint density at radius 2 is 2.41 bits per heavy atom. The van der Waals surface area contributed by atoms with Gasteiger partial charge in [-0.3, -0.25) is 0 Å². The van der Waals surface area contributed by atoms with Crippen molar-refractivity contribution in [2.75, 3.05) is 18.6 Å². The summed E-state index contributed by atoms with van der Waals surface area (Å²) in [4.78, 5) is 13.8. The summed E-state index contributed by atoms with van der Waals surface area (Å²) in [6.07, 6.45) is 1.88. The zero-order valence-electron chi connectivity index (χ0n) is 10.1. The topological polar surface area (TPSA) is 55.6 Å². The Morgan fingerprint density at radius 3 is 3.12 bits per heavy atom. The highest BCUT2D eigenvalue weighted by Crippen LogP contribution is 2.26. The molecule has 0 unspecified atom stereocenters. The third-order valence-corrected chi connectivity index (χ3v) is 3.20. The molecule has 1 aromatic carbocycles. The second-order valence-corrected chi connectivity index (χ2v) is 4.25. The molecule has 0 bridgehead atoms. The van der Waals surface area contributed by atoms with Crippen molar-refractivity contribution in [3.05, 3.63) is 29.8 Å². The highest BCUT2D eigenvalue weighted by atomic mass is 16.5. The smallest absolute Gasteiger partial charge is 0.328 e. The first kappa shape index (κ1) is 11.9. The Labute approximate surface area is 101 Å². The van der Waals surface area contributed by atoms with Crippen molar-refractivity contribution < 1.29 is 9.53 Å². The third-order valence-electron chi connectivity index (χ3n) is 3.20. The molecule has 1 atom stereocenters. The zero-order valence-corrected chi connectivity index (χ0v) is 10.1. The van der Waals surface area contributed by atoms with Crippen LogP contribution in [0.1, 0.15) is 18.4 Å². The highest BCUT2D eigenvalue weighted by molar-refractivity contribution is 5.80. The normalized spacial score (nSPS) is 19.4. The second kappa shape index (κ2) is 5.19. The van der Waals surface area contributed by atoms with E-state index in [1.807, 2.05) is 24.3 Å². The van der Waals surface area contributed by atoms with Crippen LogP contribution in [0.3, 0.4) is 0 Å². The lowest BCUT2D eigenvalue weighted by atomic mass is 10.1. The Hall–Kier alpha value is -1.55. The molecule has 1 saturated heterocycles. The van der Waals surface area contributed by atoms with E-state index >= 15 is 0 Å². The molecule has 1 fully saturated rings. The number of nitrogens with zero attached hydrogens (tertiary/aromatic N) is 1. The van der Waals surface area contributed by atoms with Gasteiger partial charge in [-0.05, 0) is 30.5 Å². The average molecular weight is 234 g/mol. The van der Waals surface area contributed by atoms with E-state index in [1.165, 1.54) is 7.11 Å². The number of rotatable bonds is 3. The van der Waals surface area contributed by atoms with E-state index in [0.29, 0.717) is 6.54 Å². The lowest BCUT2D eigenvalue weighted by Crippen LogP contribution is -2.36. The molecule has 0 aliphatic carbocycles. The number of benzene rings is 1. The summed E-state index contributed by atoms with van der Waals surface area (Å²) in [5.41, 5.74) is 7.77. The van der Waals surface area contributed by atoms with Gasteiger partial charge in [0.15, 0.2) is 0 Å². The molecule has 0 spiro atoms. The van der Waals surface area contributed by atoms with Gasteiger partial charge in [0.1, 0.15) is 6.04 Å². The van der Waals surface area contributed by atoms with E-state index in [4.69, 9.17) is 10.5 Å². The fraction of sp³-hybridized carbons (Fsp3) is 0.462. The number of esters is 1. The predicted molar refractivity (Wildman–Crippen MR) is 66.7 cm³/mol. The van der Waals surface area contributed by atoms with Crippen LogP contribution in [0, 0.1) is 0 Å². The number of hydrogen-bond donors (Lipinski definition) is 1. The van der Waals surface area contributed by atoms with Crippen molar-refractivity contribution in [3.63, 3.8) is 0 Å². The van der Waals surface area contributed by atoms with Gasteiger partial charge in [-0.25, -0.2) is 4.79 Å². The Balaban J connectivity index is 2.22. The maximum atomic E-state index is 11.7. The summed E-state index contributed by atoms with van der Waals surface area (Å²) in [7, 11) is 1.44. The van der Waals surface area contributed by atoms with Crippen molar-refractivity contribution in [2.24, 2.45) is 5.73 Å². The van der Waals surface area contributed by atoms with Crippen LogP contribution in [0.25, 0.3) is 0 Å². The quantitative estimate of drug-likeness (QED) is 0.801. The van der Waals surface area contributed by atoms with Crippen LogP contribution in [-0.4, -0.2) is 25.7 Å². The number of hydrogen-bond acceptors (Lipinski definition) is 4. The predicted octanol–water partition coefficient (Wildman–Crippen LogP) is 1.29. The van der Waals surface area contributed by atoms with Gasteiger partial charge in [0.05, 0.1) is 7.11 Å². The van der Waals surface area contributed by atoms with E-state index in [0.717, 1.165) is 30.6 Å². The molecule has 0 amide bonds. The molecule has 2 N–H and O–H groups in total. The highest BCUT2D eigenvalue weighted by Gasteiger charge is 2.31. The van der Waals surface area contributed by atoms with Gasteiger partial charge in [-0.15, -0.1) is 0 Å². The summed E-state index contributed by atoms with van der Waals surface area (Å²) in [5.74, 6) is -0.152. The molecule has 0 radical (unpaired) electrons. The van der Waals surface area contributed by atoms with E-state index in [9.17, 15) is 4.79 Å². The van der Waals surface area contributed by atoms with Gasteiger partial charge < -0.3 is 15.4 Å². The van der Waals surface area contributed by atoms with Crippen LogP contribution >= 0.6 is 0 Å². The molecule has 1 aromatic rings. The average Bonchev–Trinajstić information content (AvgIpc) is 2.87. The molecular formula is C13H18N2O2. The van der Waals surface area contributed by atoms with Gasteiger partial charge >= 0.3 is 5.97 Å². The molecule has 0 aromatic heterocycles. The fourth-order valence-corrected chi connectivity index (χ4v) is 2.32. The monoisotopic (exact) mass is 234 g/mol. The molecular weight excluding hydrogens is 216 g/mol. The molecule has 1 aliphatic rings. The maximum absolute atomic E-state index is 11.7. The first-order valence-electron chi connectivity index (χ1n) is 5.89. The summed E-state index contributed by atoms with van der Waals surface area (Å²) >= 11 is 0. The SMILES string of the molecule is COC(=O)[C@H]1CCCN1c1cccc(CN)c1. The van der Waals surface area contributed by atoms with Crippen LogP contribution in [0.15, 0.2) is 24.3 Å². The van der Waals surface area contributed by atoms with E-state index in [2.05, 4.69) is 4.90 Å². The van der Waals surface area contributed by atoms with Gasteiger partial charge in [-0.2, -0.15) is 0 Å². The standard InChI is InChI=1S/C13H18N2O2/c1-17-13(16)12-6-3-7-15(12)11-5-2-4-10(8-11)9-14/h2,4-5,8,12H,3,6-7,9,14H2,1H3/t12-/m1/s1. The molecule has 4 nitrogen and oxygen atoms in total. The van der Waals surface area contributed by atoms with Crippen molar-refractivity contribution in [1.82, 2.24) is 0 Å². The molecule has 1 aliphatic heterocycles. The molecule has 0 saturated carbocycles. The maximum Gasteiger partial charge on any atom is 0.328 e. The number of anilines is 1. The Kier molecular flexibility index (Phi) is 3.64. The van der Waals surface area contributed by atoms with Crippen LogP contribution in [0.5, 0.6) is 0 Å². The number of methoxy groups -OCH3 is 1. The second-order valence-electron chi connectivity index (χ2n) is 4.25. The van der Waals surface area contributed by atoms with Crippen LogP contribution < -0.4 is 10.6 Å². The van der Waals surface area contributed by atoms with Crippen molar-refractivity contribution in [2.45, 2.75) is 25.4 Å². The summed E-state index contributed by atoms with van der Waals surface area (Å²) in [6, 6.07) is 7.88. The van der Waals surface area contributed by atoms with Crippen molar-refractivity contribution in [3.8, 4) is 0 Å². The van der Waals surface area contributed by atoms with E-state index < -0.39 is 0 Å². The minimum atomic E-state index is -0.152. The van der Waals surface area contributed by atoms with E-state index in [-0.39, 0.29) is 12.0 Å². The summed E-state index contributed by atoms with van der Waals surface area (Å²) in [5, 5.41) is 0. The molecule has 2 rings (SSSR count). The number of ether oxygens (including phenoxy) is 1.